The van der Waals surface area contributed by atoms with Gasteiger partial charge in [0.15, 0.2) is 0 Å². The highest BCUT2D eigenvalue weighted by molar-refractivity contribution is 9.09. The summed E-state index contributed by atoms with van der Waals surface area (Å²) in [5, 5.41) is 8.46. The molecule has 0 radical (unpaired) electrons. The number of nitrogens with zero attached hydrogens (tertiary/aromatic N) is 2. The van der Waals surface area contributed by atoms with Crippen molar-refractivity contribution in [1.29, 1.82) is 0 Å². The third kappa shape index (κ3) is 3.36. The topological polar surface area (TPSA) is 29.9 Å². The number of hydrogen-bond acceptors (Lipinski definition) is 2. The molecule has 4 heteroatoms. The van der Waals surface area contributed by atoms with Gasteiger partial charge in [-0.25, -0.2) is 0 Å². The third-order valence-corrected chi connectivity index (χ3v) is 2.60. The molecule has 1 rings (SSSR count). The molecule has 0 saturated carbocycles. The standard InChI is InChI=1S/C8H14BrN3/c1-8(7-9)10-4-6-12-5-2-3-11-12/h2-3,5,8,10H,4,6-7H2,1H3. The van der Waals surface area contributed by atoms with E-state index in [4.69, 9.17) is 0 Å². The van der Waals surface area contributed by atoms with E-state index < -0.39 is 0 Å². The summed E-state index contributed by atoms with van der Waals surface area (Å²) in [4.78, 5) is 0. The Balaban J connectivity index is 2.11. The molecule has 3 nitrogen and oxygen atoms in total. The summed E-state index contributed by atoms with van der Waals surface area (Å²) in [5.41, 5.74) is 0. The van der Waals surface area contributed by atoms with Crippen molar-refractivity contribution in [2.45, 2.75) is 19.5 Å². The second-order valence-electron chi connectivity index (χ2n) is 2.78. The third-order valence-electron chi connectivity index (χ3n) is 1.62. The van der Waals surface area contributed by atoms with Crippen LogP contribution in [0.3, 0.4) is 0 Å². The molecule has 0 aromatic carbocycles. The monoisotopic (exact) mass is 231 g/mol. The molecule has 0 saturated heterocycles. The predicted octanol–water partition coefficient (Wildman–Crippen LogP) is 1.26. The van der Waals surface area contributed by atoms with Gasteiger partial charge in [-0.1, -0.05) is 15.9 Å². The number of alkyl halides is 1. The second-order valence-corrected chi connectivity index (χ2v) is 3.43. The van der Waals surface area contributed by atoms with E-state index in [0.717, 1.165) is 18.4 Å². The zero-order valence-corrected chi connectivity index (χ0v) is 8.79. The maximum absolute atomic E-state index is 4.10. The van der Waals surface area contributed by atoms with Gasteiger partial charge in [-0.05, 0) is 13.0 Å². The van der Waals surface area contributed by atoms with Crippen molar-refractivity contribution in [3.8, 4) is 0 Å². The van der Waals surface area contributed by atoms with Gasteiger partial charge in [0.2, 0.25) is 0 Å². The number of nitrogens with one attached hydrogen (secondary N) is 1. The molecule has 0 amide bonds. The molecule has 1 atom stereocenters. The molecule has 1 N–H and O–H groups in total. The Labute approximate surface area is 81.3 Å². The van der Waals surface area contributed by atoms with Crippen LogP contribution < -0.4 is 5.32 Å². The molecule has 1 aromatic rings. The zero-order chi connectivity index (χ0) is 8.81. The van der Waals surface area contributed by atoms with Gasteiger partial charge in [-0.2, -0.15) is 5.10 Å². The van der Waals surface area contributed by atoms with E-state index in [-0.39, 0.29) is 0 Å². The number of rotatable bonds is 5. The van der Waals surface area contributed by atoms with Crippen LogP contribution >= 0.6 is 15.9 Å². The maximum atomic E-state index is 4.10. The lowest BCUT2D eigenvalue weighted by atomic mass is 10.4. The van der Waals surface area contributed by atoms with Crippen molar-refractivity contribution in [3.63, 3.8) is 0 Å². The van der Waals surface area contributed by atoms with E-state index >= 15 is 0 Å². The molecule has 1 heterocycles. The van der Waals surface area contributed by atoms with Crippen molar-refractivity contribution < 1.29 is 0 Å². The largest absolute Gasteiger partial charge is 0.312 e. The van der Waals surface area contributed by atoms with Gasteiger partial charge in [0, 0.05) is 30.3 Å². The van der Waals surface area contributed by atoms with E-state index in [1.165, 1.54) is 0 Å². The first-order valence-corrected chi connectivity index (χ1v) is 5.22. The average molecular weight is 232 g/mol. The first-order valence-electron chi connectivity index (χ1n) is 4.09. The molecule has 0 aliphatic heterocycles. The molecule has 0 aliphatic carbocycles. The SMILES string of the molecule is CC(CBr)NCCn1cccn1. The summed E-state index contributed by atoms with van der Waals surface area (Å²) in [6.45, 7) is 4.05. The Bertz CT molecular complexity index is 198. The van der Waals surface area contributed by atoms with Gasteiger partial charge in [0.25, 0.3) is 0 Å². The van der Waals surface area contributed by atoms with Gasteiger partial charge < -0.3 is 5.32 Å². The molecule has 0 spiro atoms. The highest BCUT2D eigenvalue weighted by atomic mass is 79.9. The van der Waals surface area contributed by atoms with Crippen molar-refractivity contribution in [3.05, 3.63) is 18.5 Å². The van der Waals surface area contributed by atoms with Gasteiger partial charge in [-0.3, -0.25) is 4.68 Å². The fourth-order valence-corrected chi connectivity index (χ4v) is 1.14. The summed E-state index contributed by atoms with van der Waals surface area (Å²) in [6.07, 6.45) is 3.77. The fourth-order valence-electron chi connectivity index (χ4n) is 0.913. The van der Waals surface area contributed by atoms with Crippen LogP contribution in [-0.4, -0.2) is 27.7 Å². The number of hydrogen-bond donors (Lipinski definition) is 1. The highest BCUT2D eigenvalue weighted by Crippen LogP contribution is 1.88. The summed E-state index contributed by atoms with van der Waals surface area (Å²) < 4.78 is 1.92. The van der Waals surface area contributed by atoms with Crippen LogP contribution in [0.1, 0.15) is 6.92 Å². The van der Waals surface area contributed by atoms with E-state index in [9.17, 15) is 0 Å². The predicted molar refractivity (Wildman–Crippen MR) is 53.5 cm³/mol. The van der Waals surface area contributed by atoms with Crippen LogP contribution in [-0.2, 0) is 6.54 Å². The Kier molecular flexibility index (Phi) is 4.32. The summed E-state index contributed by atoms with van der Waals surface area (Å²) in [7, 11) is 0. The van der Waals surface area contributed by atoms with Crippen LogP contribution in [0.4, 0.5) is 0 Å². The Morgan fingerprint density at radius 3 is 3.08 bits per heavy atom. The van der Waals surface area contributed by atoms with Crippen molar-refractivity contribution in [1.82, 2.24) is 15.1 Å². The summed E-state index contributed by atoms with van der Waals surface area (Å²) >= 11 is 3.41. The van der Waals surface area contributed by atoms with Crippen LogP contribution in [0.5, 0.6) is 0 Å². The minimum absolute atomic E-state index is 0.528. The first-order chi connectivity index (χ1) is 5.83. The quantitative estimate of drug-likeness (QED) is 0.774. The average Bonchev–Trinajstić information content (AvgIpc) is 2.57. The molecule has 12 heavy (non-hydrogen) atoms. The molecule has 0 bridgehead atoms. The fraction of sp³-hybridized carbons (Fsp3) is 0.625. The van der Waals surface area contributed by atoms with Crippen LogP contribution in [0.25, 0.3) is 0 Å². The smallest absolute Gasteiger partial charge is 0.0534 e. The number of halogens is 1. The van der Waals surface area contributed by atoms with E-state index in [0.29, 0.717) is 6.04 Å². The van der Waals surface area contributed by atoms with Gasteiger partial charge in [0.05, 0.1) is 6.54 Å². The van der Waals surface area contributed by atoms with Crippen molar-refractivity contribution >= 4 is 15.9 Å². The lowest BCUT2D eigenvalue weighted by Crippen LogP contribution is -2.30. The van der Waals surface area contributed by atoms with E-state index in [2.05, 4.69) is 33.3 Å². The second kappa shape index (κ2) is 5.32. The lowest BCUT2D eigenvalue weighted by Gasteiger charge is -2.09. The minimum Gasteiger partial charge on any atom is -0.312 e. The maximum Gasteiger partial charge on any atom is 0.0534 e. The molecule has 68 valence electrons. The molecule has 0 aliphatic rings. The minimum atomic E-state index is 0.528. The highest BCUT2D eigenvalue weighted by Gasteiger charge is 1.96. The van der Waals surface area contributed by atoms with Gasteiger partial charge >= 0.3 is 0 Å². The Hall–Kier alpha value is -0.350. The first kappa shape index (κ1) is 9.74. The zero-order valence-electron chi connectivity index (χ0n) is 7.20. The van der Waals surface area contributed by atoms with Gasteiger partial charge in [-0.15, -0.1) is 0 Å². The van der Waals surface area contributed by atoms with E-state index in [1.807, 2.05) is 16.9 Å². The van der Waals surface area contributed by atoms with E-state index in [1.54, 1.807) is 6.20 Å². The number of aromatic nitrogens is 2. The van der Waals surface area contributed by atoms with Crippen LogP contribution in [0, 0.1) is 0 Å². The summed E-state index contributed by atoms with van der Waals surface area (Å²) in [5.74, 6) is 0. The summed E-state index contributed by atoms with van der Waals surface area (Å²) in [6, 6.07) is 2.47. The molecular formula is C8H14BrN3. The normalized spacial score (nSPS) is 13.2. The van der Waals surface area contributed by atoms with Crippen molar-refractivity contribution in [2.75, 3.05) is 11.9 Å². The van der Waals surface area contributed by atoms with Crippen LogP contribution in [0.2, 0.25) is 0 Å². The Morgan fingerprint density at radius 2 is 2.50 bits per heavy atom. The van der Waals surface area contributed by atoms with Gasteiger partial charge in [0.1, 0.15) is 0 Å². The molecular weight excluding hydrogens is 218 g/mol. The van der Waals surface area contributed by atoms with Crippen molar-refractivity contribution in [2.24, 2.45) is 0 Å². The van der Waals surface area contributed by atoms with Crippen LogP contribution in [0.15, 0.2) is 18.5 Å². The molecule has 0 fully saturated rings. The molecule has 1 unspecified atom stereocenters. The lowest BCUT2D eigenvalue weighted by molar-refractivity contribution is 0.520. The molecule has 1 aromatic heterocycles. The Morgan fingerprint density at radius 1 is 1.67 bits per heavy atom.